The summed E-state index contributed by atoms with van der Waals surface area (Å²) in [5.41, 5.74) is 2.37. The van der Waals surface area contributed by atoms with Gasteiger partial charge in [0.25, 0.3) is 0 Å². The second-order valence-electron chi connectivity index (χ2n) is 4.04. The zero-order valence-electron chi connectivity index (χ0n) is 10.8. The van der Waals surface area contributed by atoms with E-state index in [0.717, 1.165) is 11.0 Å². The van der Waals surface area contributed by atoms with Crippen LogP contribution in [0.2, 0.25) is 0 Å². The van der Waals surface area contributed by atoms with Gasteiger partial charge in [0, 0.05) is 12.7 Å². The lowest BCUT2D eigenvalue weighted by atomic mass is 10.2. The lowest BCUT2D eigenvalue weighted by Gasteiger charge is -2.16. The zero-order chi connectivity index (χ0) is 13.8. The Morgan fingerprint density at radius 3 is 2.95 bits per heavy atom. The molecule has 19 heavy (non-hydrogen) atoms. The molecule has 0 bridgehead atoms. The van der Waals surface area contributed by atoms with Crippen LogP contribution in [0, 0.1) is 0 Å². The molecule has 1 N–H and O–H groups in total. The van der Waals surface area contributed by atoms with Crippen LogP contribution in [0.1, 0.15) is 13.3 Å². The number of rotatable bonds is 4. The monoisotopic (exact) mass is 261 g/mol. The fourth-order valence-electron chi connectivity index (χ4n) is 1.73. The number of nitrogens with zero attached hydrogens (tertiary/aromatic N) is 2. The van der Waals surface area contributed by atoms with Crippen LogP contribution in [-0.2, 0) is 14.3 Å². The summed E-state index contributed by atoms with van der Waals surface area (Å²) >= 11 is 0. The average Bonchev–Trinajstić information content (AvgIpc) is 2.85. The van der Waals surface area contributed by atoms with Gasteiger partial charge in [-0.1, -0.05) is 0 Å². The number of ether oxygens (including phenoxy) is 1. The van der Waals surface area contributed by atoms with Gasteiger partial charge in [-0.05, 0) is 25.1 Å². The number of anilines is 1. The number of fused-ring (bicyclic) bond motifs is 1. The normalized spacial score (nSPS) is 10.4. The predicted molar refractivity (Wildman–Crippen MR) is 70.8 cm³/mol. The summed E-state index contributed by atoms with van der Waals surface area (Å²) < 4.78 is 4.75. The van der Waals surface area contributed by atoms with Crippen molar-refractivity contribution in [2.45, 2.75) is 13.3 Å². The Kier molecular flexibility index (Phi) is 3.79. The third kappa shape index (κ3) is 2.90. The first-order chi connectivity index (χ1) is 9.11. The third-order valence-electron chi connectivity index (χ3n) is 2.77. The number of amides is 1. The number of imidazole rings is 1. The molecular weight excluding hydrogens is 246 g/mol. The summed E-state index contributed by atoms with van der Waals surface area (Å²) in [4.78, 5) is 31.7. The SMILES string of the molecule is CCOC(=O)CC(=O)N(C)c1ccc2nc[nH]c2c1. The maximum Gasteiger partial charge on any atom is 0.315 e. The highest BCUT2D eigenvalue weighted by molar-refractivity contribution is 6.03. The number of aromatic amines is 1. The molecule has 100 valence electrons. The van der Waals surface area contributed by atoms with Crippen LogP contribution in [0.4, 0.5) is 5.69 Å². The van der Waals surface area contributed by atoms with Crippen molar-refractivity contribution in [3.63, 3.8) is 0 Å². The molecule has 6 heteroatoms. The summed E-state index contributed by atoms with van der Waals surface area (Å²) in [6, 6.07) is 5.41. The van der Waals surface area contributed by atoms with Crippen molar-refractivity contribution in [3.05, 3.63) is 24.5 Å². The Labute approximate surface area is 110 Å². The van der Waals surface area contributed by atoms with Crippen molar-refractivity contribution in [1.82, 2.24) is 9.97 Å². The molecule has 1 heterocycles. The Morgan fingerprint density at radius 2 is 2.21 bits per heavy atom. The van der Waals surface area contributed by atoms with Crippen LogP contribution >= 0.6 is 0 Å². The van der Waals surface area contributed by atoms with E-state index in [9.17, 15) is 9.59 Å². The maximum atomic E-state index is 11.9. The standard InChI is InChI=1S/C13H15N3O3/c1-3-19-13(18)7-12(17)16(2)9-4-5-10-11(6-9)15-8-14-10/h4-6,8H,3,7H2,1-2H3,(H,14,15). The molecule has 0 fully saturated rings. The van der Waals surface area contributed by atoms with Crippen molar-refractivity contribution in [3.8, 4) is 0 Å². The summed E-state index contributed by atoms with van der Waals surface area (Å²) in [6.07, 6.45) is 1.33. The summed E-state index contributed by atoms with van der Waals surface area (Å²) in [5.74, 6) is -0.820. The number of esters is 1. The lowest BCUT2D eigenvalue weighted by molar-refractivity contribution is -0.145. The van der Waals surface area contributed by atoms with Gasteiger partial charge in [0.05, 0.1) is 24.0 Å². The van der Waals surface area contributed by atoms with Gasteiger partial charge < -0.3 is 14.6 Å². The molecule has 6 nitrogen and oxygen atoms in total. The minimum Gasteiger partial charge on any atom is -0.466 e. The molecule has 1 aromatic heterocycles. The fraction of sp³-hybridized carbons (Fsp3) is 0.308. The van der Waals surface area contributed by atoms with E-state index in [-0.39, 0.29) is 18.9 Å². The van der Waals surface area contributed by atoms with Gasteiger partial charge in [0.1, 0.15) is 6.42 Å². The Bertz CT molecular complexity index is 606. The minimum atomic E-state index is -0.512. The summed E-state index contributed by atoms with van der Waals surface area (Å²) in [5, 5.41) is 0. The van der Waals surface area contributed by atoms with Gasteiger partial charge in [-0.3, -0.25) is 9.59 Å². The van der Waals surface area contributed by atoms with Gasteiger partial charge in [0.15, 0.2) is 0 Å². The fourth-order valence-corrected chi connectivity index (χ4v) is 1.73. The van der Waals surface area contributed by atoms with Crippen molar-refractivity contribution < 1.29 is 14.3 Å². The number of H-pyrrole nitrogens is 1. The van der Waals surface area contributed by atoms with E-state index in [1.54, 1.807) is 26.4 Å². The molecule has 0 aliphatic heterocycles. The van der Waals surface area contributed by atoms with Crippen LogP contribution in [-0.4, -0.2) is 35.5 Å². The molecule has 2 rings (SSSR count). The lowest BCUT2D eigenvalue weighted by Crippen LogP contribution is -2.28. The van der Waals surface area contributed by atoms with E-state index in [1.807, 2.05) is 12.1 Å². The van der Waals surface area contributed by atoms with E-state index < -0.39 is 5.97 Å². The van der Waals surface area contributed by atoms with Gasteiger partial charge in [-0.2, -0.15) is 0 Å². The third-order valence-corrected chi connectivity index (χ3v) is 2.77. The highest BCUT2D eigenvalue weighted by Gasteiger charge is 2.16. The molecule has 0 radical (unpaired) electrons. The molecule has 2 aromatic rings. The highest BCUT2D eigenvalue weighted by Crippen LogP contribution is 2.19. The number of hydrogen-bond acceptors (Lipinski definition) is 4. The number of aromatic nitrogens is 2. The molecular formula is C13H15N3O3. The van der Waals surface area contributed by atoms with Crippen molar-refractivity contribution in [2.24, 2.45) is 0 Å². The van der Waals surface area contributed by atoms with E-state index >= 15 is 0 Å². The molecule has 0 saturated heterocycles. The molecule has 0 aliphatic carbocycles. The van der Waals surface area contributed by atoms with Gasteiger partial charge in [0.2, 0.25) is 5.91 Å². The van der Waals surface area contributed by atoms with Crippen molar-refractivity contribution >= 4 is 28.6 Å². The number of benzene rings is 1. The number of carbonyl (C=O) groups is 2. The molecule has 1 aromatic carbocycles. The molecule has 0 atom stereocenters. The zero-order valence-corrected chi connectivity index (χ0v) is 10.8. The topological polar surface area (TPSA) is 75.3 Å². The van der Waals surface area contributed by atoms with E-state index in [0.29, 0.717) is 5.69 Å². The molecule has 0 aliphatic rings. The Morgan fingerprint density at radius 1 is 1.42 bits per heavy atom. The quantitative estimate of drug-likeness (QED) is 0.668. The van der Waals surface area contributed by atoms with Gasteiger partial charge in [-0.25, -0.2) is 4.98 Å². The highest BCUT2D eigenvalue weighted by atomic mass is 16.5. The van der Waals surface area contributed by atoms with Crippen molar-refractivity contribution in [1.29, 1.82) is 0 Å². The maximum absolute atomic E-state index is 11.9. The predicted octanol–water partition coefficient (Wildman–Crippen LogP) is 1.48. The van der Waals surface area contributed by atoms with Crippen LogP contribution in [0.15, 0.2) is 24.5 Å². The van der Waals surface area contributed by atoms with Crippen molar-refractivity contribution in [2.75, 3.05) is 18.6 Å². The molecule has 0 saturated carbocycles. The minimum absolute atomic E-state index is 0.259. The number of nitrogens with one attached hydrogen (secondary N) is 1. The largest absolute Gasteiger partial charge is 0.466 e. The summed E-state index contributed by atoms with van der Waals surface area (Å²) in [7, 11) is 1.62. The molecule has 0 spiro atoms. The summed E-state index contributed by atoms with van der Waals surface area (Å²) in [6.45, 7) is 1.98. The first-order valence-corrected chi connectivity index (χ1v) is 5.97. The Balaban J connectivity index is 2.11. The van der Waals surface area contributed by atoms with Crippen LogP contribution < -0.4 is 4.90 Å². The van der Waals surface area contributed by atoms with Crippen LogP contribution in [0.25, 0.3) is 11.0 Å². The van der Waals surface area contributed by atoms with Crippen LogP contribution in [0.3, 0.4) is 0 Å². The smallest absolute Gasteiger partial charge is 0.315 e. The second kappa shape index (κ2) is 5.51. The number of hydrogen-bond donors (Lipinski definition) is 1. The van der Waals surface area contributed by atoms with E-state index in [2.05, 4.69) is 9.97 Å². The van der Waals surface area contributed by atoms with Crippen LogP contribution in [0.5, 0.6) is 0 Å². The van der Waals surface area contributed by atoms with Gasteiger partial charge >= 0.3 is 5.97 Å². The van der Waals surface area contributed by atoms with E-state index in [4.69, 9.17) is 4.74 Å². The van der Waals surface area contributed by atoms with E-state index in [1.165, 1.54) is 4.90 Å². The molecule has 1 amide bonds. The molecule has 0 unspecified atom stereocenters. The Hall–Kier alpha value is -2.37. The number of carbonyl (C=O) groups excluding carboxylic acids is 2. The first-order valence-electron chi connectivity index (χ1n) is 5.97. The first kappa shape index (κ1) is 13.1. The second-order valence-corrected chi connectivity index (χ2v) is 4.04. The van der Waals surface area contributed by atoms with Gasteiger partial charge in [-0.15, -0.1) is 0 Å². The average molecular weight is 261 g/mol.